The molecule has 28 heavy (non-hydrogen) atoms. The highest BCUT2D eigenvalue weighted by molar-refractivity contribution is 5.93. The van der Waals surface area contributed by atoms with Crippen LogP contribution in [0.15, 0.2) is 24.3 Å². The summed E-state index contributed by atoms with van der Waals surface area (Å²) >= 11 is 0. The minimum absolute atomic E-state index is 0.00711. The zero-order valence-corrected chi connectivity index (χ0v) is 16.5. The number of amides is 2. The first-order valence-electron chi connectivity index (χ1n) is 8.46. The molecule has 0 atom stereocenters. The molecule has 1 aromatic carbocycles. The first kappa shape index (κ1) is 20.8. The van der Waals surface area contributed by atoms with Gasteiger partial charge in [-0.05, 0) is 32.1 Å². The summed E-state index contributed by atoms with van der Waals surface area (Å²) < 4.78 is 17.3. The van der Waals surface area contributed by atoms with Gasteiger partial charge in [-0.1, -0.05) is 0 Å². The summed E-state index contributed by atoms with van der Waals surface area (Å²) in [7, 11) is 4.55. The molecular weight excluding hydrogens is 364 g/mol. The molecule has 0 bridgehead atoms. The number of carbonyl (C=O) groups excluding carboxylic acids is 2. The van der Waals surface area contributed by atoms with Crippen molar-refractivity contribution < 1.29 is 23.8 Å². The Kier molecular flexibility index (Phi) is 7.02. The standard InChI is InChI=1S/C19H24N4O5/c1-12-8-13(2)23(22-12)11-19(25)21-20-18(24)7-6-14-9-16(27-4)17(28-5)10-15(14)26-3/h6-10H,11H2,1-5H3,(H,20,24)(H,21,25)/b7-6+. The lowest BCUT2D eigenvalue weighted by atomic mass is 10.1. The van der Waals surface area contributed by atoms with E-state index >= 15 is 0 Å². The van der Waals surface area contributed by atoms with E-state index in [1.54, 1.807) is 22.9 Å². The summed E-state index contributed by atoms with van der Waals surface area (Å²) in [5, 5.41) is 4.20. The normalized spacial score (nSPS) is 10.6. The third-order valence-electron chi connectivity index (χ3n) is 3.87. The number of rotatable bonds is 7. The molecule has 2 amide bonds. The molecule has 0 fully saturated rings. The highest BCUT2D eigenvalue weighted by Gasteiger charge is 2.11. The lowest BCUT2D eigenvalue weighted by molar-refractivity contribution is -0.127. The first-order valence-corrected chi connectivity index (χ1v) is 8.46. The lowest BCUT2D eigenvalue weighted by Crippen LogP contribution is -2.42. The molecule has 0 aliphatic heterocycles. The van der Waals surface area contributed by atoms with Crippen molar-refractivity contribution in [2.75, 3.05) is 21.3 Å². The van der Waals surface area contributed by atoms with E-state index in [1.807, 2.05) is 19.9 Å². The maximum absolute atomic E-state index is 12.0. The molecule has 0 saturated heterocycles. The molecular formula is C19H24N4O5. The minimum Gasteiger partial charge on any atom is -0.496 e. The van der Waals surface area contributed by atoms with E-state index in [1.165, 1.54) is 27.4 Å². The maximum atomic E-state index is 12.0. The van der Waals surface area contributed by atoms with Crippen LogP contribution in [0.2, 0.25) is 0 Å². The molecule has 9 nitrogen and oxygen atoms in total. The van der Waals surface area contributed by atoms with Gasteiger partial charge in [-0.15, -0.1) is 0 Å². The average Bonchev–Trinajstić information content (AvgIpc) is 3.00. The van der Waals surface area contributed by atoms with Gasteiger partial charge in [0.05, 0.1) is 27.0 Å². The van der Waals surface area contributed by atoms with Crippen molar-refractivity contribution in [3.63, 3.8) is 0 Å². The van der Waals surface area contributed by atoms with Gasteiger partial charge in [-0.3, -0.25) is 25.1 Å². The molecule has 150 valence electrons. The fourth-order valence-electron chi connectivity index (χ4n) is 2.53. The van der Waals surface area contributed by atoms with Crippen LogP contribution in [0.4, 0.5) is 0 Å². The number of aromatic nitrogens is 2. The van der Waals surface area contributed by atoms with Gasteiger partial charge >= 0.3 is 0 Å². The molecule has 0 saturated carbocycles. The molecule has 0 radical (unpaired) electrons. The molecule has 2 rings (SSSR count). The smallest absolute Gasteiger partial charge is 0.262 e. The van der Waals surface area contributed by atoms with E-state index in [4.69, 9.17) is 14.2 Å². The van der Waals surface area contributed by atoms with Crippen molar-refractivity contribution in [3.05, 3.63) is 41.2 Å². The first-order chi connectivity index (χ1) is 13.4. The number of ether oxygens (including phenoxy) is 3. The van der Waals surface area contributed by atoms with Crippen LogP contribution >= 0.6 is 0 Å². The Morgan fingerprint density at radius 3 is 2.21 bits per heavy atom. The second kappa shape index (κ2) is 9.45. The number of nitrogens with one attached hydrogen (secondary N) is 2. The van der Waals surface area contributed by atoms with Crippen LogP contribution in [0.25, 0.3) is 6.08 Å². The summed E-state index contributed by atoms with van der Waals surface area (Å²) in [6.45, 7) is 3.70. The number of benzene rings is 1. The van der Waals surface area contributed by atoms with E-state index in [0.29, 0.717) is 22.8 Å². The van der Waals surface area contributed by atoms with E-state index in [2.05, 4.69) is 16.0 Å². The number of carbonyl (C=O) groups is 2. The third-order valence-corrected chi connectivity index (χ3v) is 3.87. The van der Waals surface area contributed by atoms with Crippen molar-refractivity contribution in [3.8, 4) is 17.2 Å². The monoisotopic (exact) mass is 388 g/mol. The zero-order chi connectivity index (χ0) is 20.7. The number of hydrazine groups is 1. The molecule has 1 heterocycles. The Morgan fingerprint density at radius 2 is 1.64 bits per heavy atom. The molecule has 0 unspecified atom stereocenters. The molecule has 0 aliphatic rings. The van der Waals surface area contributed by atoms with Gasteiger partial charge in [0.25, 0.3) is 11.8 Å². The third kappa shape index (κ3) is 5.26. The second-order valence-electron chi connectivity index (χ2n) is 5.90. The van der Waals surface area contributed by atoms with Crippen molar-refractivity contribution in [2.24, 2.45) is 0 Å². The van der Waals surface area contributed by atoms with Gasteiger partial charge in [-0.2, -0.15) is 5.10 Å². The van der Waals surface area contributed by atoms with Crippen LogP contribution in [0, 0.1) is 13.8 Å². The molecule has 0 aliphatic carbocycles. The minimum atomic E-state index is -0.501. The number of nitrogens with zero attached hydrogens (tertiary/aromatic N) is 2. The molecule has 1 aromatic heterocycles. The highest BCUT2D eigenvalue weighted by atomic mass is 16.5. The van der Waals surface area contributed by atoms with E-state index < -0.39 is 11.8 Å². The van der Waals surface area contributed by atoms with Crippen molar-refractivity contribution in [2.45, 2.75) is 20.4 Å². The topological polar surface area (TPSA) is 104 Å². The van der Waals surface area contributed by atoms with Crippen molar-refractivity contribution in [1.29, 1.82) is 0 Å². The van der Waals surface area contributed by atoms with Crippen molar-refractivity contribution in [1.82, 2.24) is 20.6 Å². The largest absolute Gasteiger partial charge is 0.496 e. The van der Waals surface area contributed by atoms with Gasteiger partial charge in [-0.25, -0.2) is 0 Å². The van der Waals surface area contributed by atoms with Crippen molar-refractivity contribution >= 4 is 17.9 Å². The van der Waals surface area contributed by atoms with Crippen LogP contribution < -0.4 is 25.1 Å². The fourth-order valence-corrected chi connectivity index (χ4v) is 2.53. The summed E-state index contributed by atoms with van der Waals surface area (Å²) in [4.78, 5) is 23.9. The van der Waals surface area contributed by atoms with Gasteiger partial charge in [0.2, 0.25) is 0 Å². The molecule has 9 heteroatoms. The van der Waals surface area contributed by atoms with Gasteiger partial charge in [0, 0.05) is 23.4 Å². The van der Waals surface area contributed by atoms with Crippen LogP contribution in [0.5, 0.6) is 17.2 Å². The Labute approximate surface area is 163 Å². The molecule has 2 N–H and O–H groups in total. The Balaban J connectivity index is 1.98. The Bertz CT molecular complexity index is 889. The zero-order valence-electron chi connectivity index (χ0n) is 16.5. The highest BCUT2D eigenvalue weighted by Crippen LogP contribution is 2.35. The van der Waals surface area contributed by atoms with Gasteiger partial charge in [0.15, 0.2) is 11.5 Å². The Hall–Kier alpha value is -3.49. The summed E-state index contributed by atoms with van der Waals surface area (Å²) in [5.74, 6) is 0.629. The summed E-state index contributed by atoms with van der Waals surface area (Å²) in [6, 6.07) is 5.21. The lowest BCUT2D eigenvalue weighted by Gasteiger charge is -2.12. The second-order valence-corrected chi connectivity index (χ2v) is 5.90. The molecule has 2 aromatic rings. The fraction of sp³-hybridized carbons (Fsp3) is 0.316. The SMILES string of the molecule is COc1cc(OC)c(OC)cc1/C=C/C(=O)NNC(=O)Cn1nc(C)cc1C. The predicted octanol–water partition coefficient (Wildman–Crippen LogP) is 1.39. The number of hydrogen-bond donors (Lipinski definition) is 2. The maximum Gasteiger partial charge on any atom is 0.262 e. The summed E-state index contributed by atoms with van der Waals surface area (Å²) in [6.07, 6.45) is 2.82. The van der Waals surface area contributed by atoms with Gasteiger partial charge < -0.3 is 14.2 Å². The Morgan fingerprint density at radius 1 is 1.00 bits per heavy atom. The quantitative estimate of drug-likeness (QED) is 0.549. The number of aryl methyl sites for hydroxylation is 2. The van der Waals surface area contributed by atoms with E-state index in [0.717, 1.165) is 11.4 Å². The van der Waals surface area contributed by atoms with E-state index in [9.17, 15) is 9.59 Å². The van der Waals surface area contributed by atoms with E-state index in [-0.39, 0.29) is 6.54 Å². The van der Waals surface area contributed by atoms with Crippen LogP contribution in [-0.2, 0) is 16.1 Å². The number of hydrogen-bond acceptors (Lipinski definition) is 6. The van der Waals surface area contributed by atoms with Gasteiger partial charge in [0.1, 0.15) is 12.3 Å². The van der Waals surface area contributed by atoms with Crippen LogP contribution in [0.1, 0.15) is 17.0 Å². The average molecular weight is 388 g/mol. The van der Waals surface area contributed by atoms with Crippen LogP contribution in [0.3, 0.4) is 0 Å². The predicted molar refractivity (Wildman–Crippen MR) is 103 cm³/mol. The molecule has 0 spiro atoms. The summed E-state index contributed by atoms with van der Waals surface area (Å²) in [5.41, 5.74) is 6.97. The van der Waals surface area contributed by atoms with Crippen LogP contribution in [-0.4, -0.2) is 42.9 Å². The number of methoxy groups -OCH3 is 3.